The van der Waals surface area contributed by atoms with Crippen LogP contribution in [0.25, 0.3) is 22.1 Å². The maximum atomic E-state index is 12.6. The largest absolute Gasteiger partial charge is 0.319 e. The van der Waals surface area contributed by atoms with Gasteiger partial charge in [0.1, 0.15) is 5.52 Å². The maximum Gasteiger partial charge on any atom is 0.236 e. The van der Waals surface area contributed by atoms with E-state index in [-0.39, 0.29) is 11.7 Å². The Balaban J connectivity index is 1.16. The molecule has 5 aromatic rings. The fourth-order valence-corrected chi connectivity index (χ4v) is 5.74. The first-order chi connectivity index (χ1) is 18.6. The molecule has 0 atom stereocenters. The number of fused-ring (bicyclic) bond motifs is 3. The molecule has 0 bridgehead atoms. The molecular weight excluding hydrogens is 582 g/mol. The van der Waals surface area contributed by atoms with Gasteiger partial charge in [-0.15, -0.1) is 15.3 Å². The van der Waals surface area contributed by atoms with E-state index in [2.05, 4.69) is 64.4 Å². The van der Waals surface area contributed by atoms with Gasteiger partial charge in [-0.25, -0.2) is 4.98 Å². The highest BCUT2D eigenvalue weighted by Crippen LogP contribution is 2.28. The number of thioether (sulfide) groups is 2. The topological polar surface area (TPSA) is 97.4 Å². The summed E-state index contributed by atoms with van der Waals surface area (Å²) < 4.78 is 3.16. The Morgan fingerprint density at radius 2 is 1.76 bits per heavy atom. The van der Waals surface area contributed by atoms with E-state index in [1.54, 1.807) is 0 Å². The summed E-state index contributed by atoms with van der Waals surface area (Å²) >= 11 is 6.13. The van der Waals surface area contributed by atoms with Crippen molar-refractivity contribution in [3.8, 4) is 0 Å². The first kappa shape index (κ1) is 24.8. The SMILES string of the molecule is O=C(CSc1nnc2c3ccccc3n(Cc3ccccc3)c2n1)NC1=NN=C(c2ccc(Br)cc2)CS1. The van der Waals surface area contributed by atoms with E-state index in [1.807, 2.05) is 60.7 Å². The van der Waals surface area contributed by atoms with E-state index in [0.717, 1.165) is 37.8 Å². The summed E-state index contributed by atoms with van der Waals surface area (Å²) in [5.74, 6) is 0.565. The van der Waals surface area contributed by atoms with Crippen LogP contribution in [0, 0.1) is 0 Å². The fourth-order valence-electron chi connectivity index (χ4n) is 4.11. The molecule has 38 heavy (non-hydrogen) atoms. The van der Waals surface area contributed by atoms with Gasteiger partial charge in [-0.3, -0.25) is 4.79 Å². The third kappa shape index (κ3) is 5.35. The van der Waals surface area contributed by atoms with E-state index in [9.17, 15) is 4.79 Å². The van der Waals surface area contributed by atoms with Gasteiger partial charge in [-0.2, -0.15) is 5.10 Å². The number of amidine groups is 1. The molecule has 0 radical (unpaired) electrons. The number of para-hydroxylation sites is 1. The molecular formula is C27H20BrN7OS2. The van der Waals surface area contributed by atoms with Gasteiger partial charge >= 0.3 is 0 Å². The predicted molar refractivity (Wildman–Crippen MR) is 158 cm³/mol. The van der Waals surface area contributed by atoms with Crippen LogP contribution in [-0.4, -0.2) is 48.0 Å². The maximum absolute atomic E-state index is 12.6. The number of nitrogens with one attached hydrogen (secondary N) is 1. The second-order valence-corrected chi connectivity index (χ2v) is 11.3. The number of carbonyl (C=O) groups is 1. The third-order valence-corrected chi connectivity index (χ3v) is 8.14. The van der Waals surface area contributed by atoms with Crippen LogP contribution in [0.15, 0.2) is 98.7 Å². The monoisotopic (exact) mass is 601 g/mol. The van der Waals surface area contributed by atoms with E-state index >= 15 is 0 Å². The zero-order chi connectivity index (χ0) is 25.9. The van der Waals surface area contributed by atoms with Crippen LogP contribution >= 0.6 is 39.5 Å². The highest BCUT2D eigenvalue weighted by Gasteiger charge is 2.18. The first-order valence-electron chi connectivity index (χ1n) is 11.8. The lowest BCUT2D eigenvalue weighted by Gasteiger charge is -2.12. The lowest BCUT2D eigenvalue weighted by molar-refractivity contribution is -0.117. The molecule has 0 unspecified atom stereocenters. The summed E-state index contributed by atoms with van der Waals surface area (Å²) in [6.07, 6.45) is 0. The summed E-state index contributed by atoms with van der Waals surface area (Å²) in [5, 5.41) is 22.0. The van der Waals surface area contributed by atoms with Crippen LogP contribution in [0.4, 0.5) is 0 Å². The number of nitrogens with zero attached hydrogens (tertiary/aromatic N) is 6. The van der Waals surface area contributed by atoms with Crippen molar-refractivity contribution in [3.63, 3.8) is 0 Å². The average molecular weight is 603 g/mol. The van der Waals surface area contributed by atoms with Gasteiger partial charge < -0.3 is 9.88 Å². The molecule has 1 aliphatic rings. The standard InChI is InChI=1S/C27H20BrN7OS2/c28-19-12-10-18(11-13-19)21-15-37-26(33-31-21)29-23(36)16-38-27-30-25-24(32-34-27)20-8-4-5-9-22(20)35(25)14-17-6-2-1-3-7-17/h1-13H,14-16H2,(H,29,33,36). The molecule has 3 aromatic carbocycles. The van der Waals surface area contributed by atoms with Crippen molar-refractivity contribution >= 4 is 78.3 Å². The summed E-state index contributed by atoms with van der Waals surface area (Å²) in [6.45, 7) is 0.661. The fraction of sp³-hybridized carbons (Fsp3) is 0.111. The van der Waals surface area contributed by atoms with Gasteiger partial charge in [-0.1, -0.05) is 100 Å². The van der Waals surface area contributed by atoms with Gasteiger partial charge in [0, 0.05) is 22.2 Å². The zero-order valence-corrected chi connectivity index (χ0v) is 23.1. The first-order valence-corrected chi connectivity index (χ1v) is 14.5. The summed E-state index contributed by atoms with van der Waals surface area (Å²) in [6, 6.07) is 26.2. The second-order valence-electron chi connectivity index (χ2n) is 8.44. The molecule has 1 N–H and O–H groups in total. The average Bonchev–Trinajstić information content (AvgIpc) is 3.26. The Kier molecular flexibility index (Phi) is 7.21. The lowest BCUT2D eigenvalue weighted by atomic mass is 10.1. The van der Waals surface area contributed by atoms with Gasteiger partial charge in [0.2, 0.25) is 11.1 Å². The van der Waals surface area contributed by atoms with Crippen LogP contribution in [0.2, 0.25) is 0 Å². The van der Waals surface area contributed by atoms with Crippen LogP contribution in [-0.2, 0) is 11.3 Å². The summed E-state index contributed by atoms with van der Waals surface area (Å²) in [7, 11) is 0. The minimum absolute atomic E-state index is 0.134. The highest BCUT2D eigenvalue weighted by atomic mass is 79.9. The van der Waals surface area contributed by atoms with Crippen molar-refractivity contribution in [2.24, 2.45) is 10.2 Å². The van der Waals surface area contributed by atoms with Crippen LogP contribution in [0.1, 0.15) is 11.1 Å². The number of hydrogen-bond acceptors (Lipinski definition) is 8. The molecule has 0 saturated carbocycles. The molecule has 0 aliphatic carbocycles. The number of rotatable bonds is 6. The van der Waals surface area contributed by atoms with Gasteiger partial charge in [0.25, 0.3) is 0 Å². The second kappa shape index (κ2) is 11.1. The van der Waals surface area contributed by atoms with Gasteiger partial charge in [0.15, 0.2) is 10.8 Å². The molecule has 8 nitrogen and oxygen atoms in total. The van der Waals surface area contributed by atoms with Crippen molar-refractivity contribution < 1.29 is 4.79 Å². The van der Waals surface area contributed by atoms with E-state index < -0.39 is 0 Å². The predicted octanol–water partition coefficient (Wildman–Crippen LogP) is 5.51. The Bertz CT molecular complexity index is 1700. The molecule has 3 heterocycles. The quantitative estimate of drug-likeness (QED) is 0.258. The normalized spacial score (nSPS) is 13.4. The molecule has 0 saturated heterocycles. The van der Waals surface area contributed by atoms with Crippen LogP contribution < -0.4 is 5.32 Å². The minimum Gasteiger partial charge on any atom is -0.319 e. The van der Waals surface area contributed by atoms with Crippen molar-refractivity contribution in [2.75, 3.05) is 11.5 Å². The summed E-state index contributed by atoms with van der Waals surface area (Å²) in [4.78, 5) is 17.4. The number of aromatic nitrogens is 4. The molecule has 2 aromatic heterocycles. The lowest BCUT2D eigenvalue weighted by Crippen LogP contribution is -2.31. The Morgan fingerprint density at radius 1 is 0.974 bits per heavy atom. The molecule has 1 amide bonds. The number of benzene rings is 3. The van der Waals surface area contributed by atoms with Crippen molar-refractivity contribution in [2.45, 2.75) is 11.7 Å². The molecule has 0 spiro atoms. The Labute approximate surface area is 235 Å². The molecule has 1 aliphatic heterocycles. The minimum atomic E-state index is -0.197. The van der Waals surface area contributed by atoms with Crippen LogP contribution in [0.3, 0.4) is 0 Å². The molecule has 0 fully saturated rings. The summed E-state index contributed by atoms with van der Waals surface area (Å²) in [5.41, 5.74) is 5.58. The zero-order valence-electron chi connectivity index (χ0n) is 19.9. The molecule has 11 heteroatoms. The van der Waals surface area contributed by atoms with Crippen LogP contribution in [0.5, 0.6) is 0 Å². The molecule has 6 rings (SSSR count). The number of halogens is 1. The highest BCUT2D eigenvalue weighted by molar-refractivity contribution is 9.10. The molecule has 188 valence electrons. The van der Waals surface area contributed by atoms with Crippen molar-refractivity contribution in [1.29, 1.82) is 0 Å². The van der Waals surface area contributed by atoms with E-state index in [0.29, 0.717) is 22.6 Å². The van der Waals surface area contributed by atoms with E-state index in [4.69, 9.17) is 4.98 Å². The number of amides is 1. The number of carbonyl (C=O) groups excluding carboxylic acids is 1. The smallest absolute Gasteiger partial charge is 0.236 e. The van der Waals surface area contributed by atoms with Crippen molar-refractivity contribution in [3.05, 3.63) is 94.5 Å². The Morgan fingerprint density at radius 3 is 2.55 bits per heavy atom. The van der Waals surface area contributed by atoms with Gasteiger partial charge in [-0.05, 0) is 29.3 Å². The van der Waals surface area contributed by atoms with Crippen molar-refractivity contribution in [1.82, 2.24) is 25.1 Å². The Hall–Kier alpha value is -3.54. The third-order valence-electron chi connectivity index (χ3n) is 5.90. The number of hydrogen-bond donors (Lipinski definition) is 1. The van der Waals surface area contributed by atoms with E-state index in [1.165, 1.54) is 29.1 Å². The van der Waals surface area contributed by atoms with Gasteiger partial charge in [0.05, 0.1) is 17.0 Å².